The lowest BCUT2D eigenvalue weighted by molar-refractivity contribution is -0.205. The van der Waals surface area contributed by atoms with E-state index in [0.717, 1.165) is 27.7 Å². The number of rotatable bonds is 8. The zero-order valence-electron chi connectivity index (χ0n) is 18.0. The number of hydrogen-bond acceptors (Lipinski definition) is 11. The third-order valence-electron chi connectivity index (χ3n) is 4.36. The lowest BCUT2D eigenvalue weighted by Gasteiger charge is -2.35. The molecule has 0 amide bonds. The van der Waals surface area contributed by atoms with Crippen LogP contribution in [0.5, 0.6) is 0 Å². The first-order valence-corrected chi connectivity index (χ1v) is 9.60. The molecule has 2 rings (SSSR count). The number of ether oxygens (including phenoxy) is 6. The van der Waals surface area contributed by atoms with Crippen LogP contribution in [0.4, 0.5) is 0 Å². The molecule has 1 aromatic rings. The third kappa shape index (κ3) is 6.27. The maximum absolute atomic E-state index is 12.4. The zero-order chi connectivity index (χ0) is 23.9. The van der Waals surface area contributed by atoms with E-state index in [4.69, 9.17) is 28.4 Å². The van der Waals surface area contributed by atoms with Gasteiger partial charge in [-0.3, -0.25) is 19.2 Å². The van der Waals surface area contributed by atoms with Crippen molar-refractivity contribution in [1.82, 2.24) is 0 Å². The van der Waals surface area contributed by atoms with Gasteiger partial charge in [-0.15, -0.1) is 0 Å². The monoisotopic (exact) mass is 452 g/mol. The molecule has 11 heteroatoms. The van der Waals surface area contributed by atoms with E-state index >= 15 is 0 Å². The number of benzene rings is 1. The van der Waals surface area contributed by atoms with Gasteiger partial charge in [0.05, 0.1) is 5.56 Å². The van der Waals surface area contributed by atoms with Crippen molar-refractivity contribution in [3.8, 4) is 0 Å². The Hall–Kier alpha value is -3.47. The second-order valence-electron chi connectivity index (χ2n) is 6.93. The summed E-state index contributed by atoms with van der Waals surface area (Å²) in [4.78, 5) is 59.1. The maximum atomic E-state index is 12.4. The average Bonchev–Trinajstić information content (AvgIpc) is 2.96. The predicted molar refractivity (Wildman–Crippen MR) is 104 cm³/mol. The molecule has 1 aliphatic rings. The fourth-order valence-electron chi connectivity index (χ4n) is 3.15. The van der Waals surface area contributed by atoms with E-state index in [1.165, 1.54) is 12.1 Å². The molecule has 0 spiro atoms. The Morgan fingerprint density at radius 3 is 2.00 bits per heavy atom. The molecule has 0 aromatic heterocycles. The van der Waals surface area contributed by atoms with Crippen molar-refractivity contribution < 1.29 is 52.4 Å². The Kier molecular flexibility index (Phi) is 8.30. The second-order valence-corrected chi connectivity index (χ2v) is 6.93. The summed E-state index contributed by atoms with van der Waals surface area (Å²) in [5.74, 6) is -3.86. The topological polar surface area (TPSA) is 141 Å². The van der Waals surface area contributed by atoms with Gasteiger partial charge in [-0.05, 0) is 12.1 Å². The van der Waals surface area contributed by atoms with Gasteiger partial charge in [-0.1, -0.05) is 18.2 Å². The van der Waals surface area contributed by atoms with Crippen LogP contribution < -0.4 is 0 Å². The molecule has 11 nitrogen and oxygen atoms in total. The van der Waals surface area contributed by atoms with Crippen LogP contribution >= 0.6 is 0 Å². The van der Waals surface area contributed by atoms with Gasteiger partial charge in [0.15, 0.2) is 0 Å². The van der Waals surface area contributed by atoms with Crippen molar-refractivity contribution >= 4 is 29.8 Å². The minimum absolute atomic E-state index is 0.247. The summed E-state index contributed by atoms with van der Waals surface area (Å²) in [6.07, 6.45) is -4.34. The van der Waals surface area contributed by atoms with Gasteiger partial charge in [0.25, 0.3) is 0 Å². The molecule has 32 heavy (non-hydrogen) atoms. The van der Waals surface area contributed by atoms with Crippen molar-refractivity contribution in [2.24, 2.45) is 0 Å². The molecule has 1 saturated heterocycles. The van der Waals surface area contributed by atoms with E-state index in [0.29, 0.717) is 0 Å². The van der Waals surface area contributed by atoms with E-state index < -0.39 is 67.2 Å². The quantitative estimate of drug-likeness (QED) is 0.411. The maximum Gasteiger partial charge on any atom is 0.338 e. The zero-order valence-corrected chi connectivity index (χ0v) is 18.0. The molecule has 0 radical (unpaired) electrons. The normalized spacial score (nSPS) is 24.2. The van der Waals surface area contributed by atoms with Gasteiger partial charge in [0.2, 0.25) is 18.0 Å². The highest BCUT2D eigenvalue weighted by atomic mass is 16.8. The molecule has 1 aromatic carbocycles. The SMILES string of the molecule is CC(=O)OCC1(OC(C)=O)C(COC(=O)c2ccccc2)OC(OC(C)=O)C1OC(C)=O. The lowest BCUT2D eigenvalue weighted by Crippen LogP contribution is -2.58. The third-order valence-corrected chi connectivity index (χ3v) is 4.36. The van der Waals surface area contributed by atoms with Crippen molar-refractivity contribution in [3.05, 3.63) is 35.9 Å². The van der Waals surface area contributed by atoms with E-state index in [1.807, 2.05) is 0 Å². The Morgan fingerprint density at radius 2 is 1.47 bits per heavy atom. The largest absolute Gasteiger partial charge is 0.461 e. The van der Waals surface area contributed by atoms with Crippen LogP contribution in [-0.2, 0) is 47.6 Å². The van der Waals surface area contributed by atoms with Gasteiger partial charge in [-0.25, -0.2) is 4.79 Å². The summed E-state index contributed by atoms with van der Waals surface area (Å²) in [6.45, 7) is 3.25. The Bertz CT molecular complexity index is 866. The Balaban J connectivity index is 2.41. The van der Waals surface area contributed by atoms with Crippen LogP contribution in [0.3, 0.4) is 0 Å². The molecule has 0 N–H and O–H groups in total. The van der Waals surface area contributed by atoms with Gasteiger partial charge in [-0.2, -0.15) is 0 Å². The first kappa shape index (κ1) is 24.8. The standard InChI is InChI=1S/C21H24O11/c1-12(22)28-11-21(32-15(4)25)17(10-27-19(26)16-8-6-5-7-9-16)31-20(30-14(3)24)18(21)29-13(2)23/h5-9,17-18,20H,10-11H2,1-4H3. The molecule has 1 aliphatic heterocycles. The minimum atomic E-state index is -1.96. The molecule has 0 saturated carbocycles. The van der Waals surface area contributed by atoms with E-state index in [2.05, 4.69) is 0 Å². The fraction of sp³-hybridized carbons (Fsp3) is 0.476. The van der Waals surface area contributed by atoms with Crippen molar-refractivity contribution in [3.63, 3.8) is 0 Å². The smallest absolute Gasteiger partial charge is 0.338 e. The summed E-state index contributed by atoms with van der Waals surface area (Å²) in [5, 5.41) is 0. The molecule has 174 valence electrons. The minimum Gasteiger partial charge on any atom is -0.461 e. The van der Waals surface area contributed by atoms with E-state index in [1.54, 1.807) is 18.2 Å². The number of hydrogen-bond donors (Lipinski definition) is 0. The molecule has 4 atom stereocenters. The summed E-state index contributed by atoms with van der Waals surface area (Å²) < 4.78 is 31.7. The molecule has 4 unspecified atom stereocenters. The van der Waals surface area contributed by atoms with Gasteiger partial charge in [0.1, 0.15) is 19.3 Å². The summed E-state index contributed by atoms with van der Waals surface area (Å²) in [5.41, 5.74) is -1.71. The van der Waals surface area contributed by atoms with E-state index in [9.17, 15) is 24.0 Å². The highest BCUT2D eigenvalue weighted by molar-refractivity contribution is 5.89. The first-order valence-electron chi connectivity index (χ1n) is 9.60. The number of esters is 5. The van der Waals surface area contributed by atoms with Crippen LogP contribution in [0.15, 0.2) is 30.3 Å². The molecular formula is C21H24O11. The van der Waals surface area contributed by atoms with Crippen LogP contribution in [0.1, 0.15) is 38.1 Å². The highest BCUT2D eigenvalue weighted by Crippen LogP contribution is 2.38. The molecule has 1 heterocycles. The first-order chi connectivity index (χ1) is 15.0. The summed E-state index contributed by atoms with van der Waals surface area (Å²) >= 11 is 0. The summed E-state index contributed by atoms with van der Waals surface area (Å²) in [7, 11) is 0. The van der Waals surface area contributed by atoms with Gasteiger partial charge in [0, 0.05) is 27.7 Å². The predicted octanol–water partition coefficient (Wildman–Crippen LogP) is 0.928. The molecule has 1 fully saturated rings. The average molecular weight is 452 g/mol. The Labute approximate surface area is 183 Å². The molecule has 0 aliphatic carbocycles. The lowest BCUT2D eigenvalue weighted by atomic mass is 9.92. The van der Waals surface area contributed by atoms with Crippen LogP contribution in [0.2, 0.25) is 0 Å². The van der Waals surface area contributed by atoms with Crippen LogP contribution in [-0.4, -0.2) is 67.2 Å². The number of carbonyl (C=O) groups excluding carboxylic acids is 5. The Morgan fingerprint density at radius 1 is 0.844 bits per heavy atom. The molecule has 0 bridgehead atoms. The fourth-order valence-corrected chi connectivity index (χ4v) is 3.15. The van der Waals surface area contributed by atoms with E-state index in [-0.39, 0.29) is 5.56 Å². The second kappa shape index (κ2) is 10.7. The van der Waals surface area contributed by atoms with Crippen LogP contribution in [0, 0.1) is 0 Å². The number of carbonyl (C=O) groups is 5. The molecular weight excluding hydrogens is 428 g/mol. The van der Waals surface area contributed by atoms with Crippen molar-refractivity contribution in [2.75, 3.05) is 13.2 Å². The van der Waals surface area contributed by atoms with Gasteiger partial charge >= 0.3 is 29.8 Å². The van der Waals surface area contributed by atoms with Gasteiger partial charge < -0.3 is 28.4 Å². The summed E-state index contributed by atoms with van der Waals surface area (Å²) in [6, 6.07) is 8.05. The van der Waals surface area contributed by atoms with Crippen molar-refractivity contribution in [2.45, 2.75) is 51.8 Å². The van der Waals surface area contributed by atoms with Crippen LogP contribution in [0.25, 0.3) is 0 Å². The highest BCUT2D eigenvalue weighted by Gasteiger charge is 2.64. The van der Waals surface area contributed by atoms with Crippen molar-refractivity contribution in [1.29, 1.82) is 0 Å².